The van der Waals surface area contributed by atoms with Crippen molar-refractivity contribution in [2.24, 2.45) is 11.8 Å². The van der Waals surface area contributed by atoms with Crippen LogP contribution in [-0.2, 0) is 21.4 Å². The Bertz CT molecular complexity index is 1440. The van der Waals surface area contributed by atoms with Crippen molar-refractivity contribution < 1.29 is 32.6 Å². The van der Waals surface area contributed by atoms with Gasteiger partial charge in [0.15, 0.2) is 6.10 Å². The molecular formula is C35H41F2N3O5. The van der Waals surface area contributed by atoms with Crippen molar-refractivity contribution >= 4 is 17.7 Å². The topological polar surface area (TPSA) is 89.1 Å². The van der Waals surface area contributed by atoms with Crippen LogP contribution < -0.4 is 20.1 Å². The Morgan fingerprint density at radius 2 is 1.56 bits per heavy atom. The zero-order valence-corrected chi connectivity index (χ0v) is 26.1. The Hall–Kier alpha value is -4.18. The Labute approximate surface area is 263 Å². The van der Waals surface area contributed by atoms with Crippen LogP contribution in [0.3, 0.4) is 0 Å². The summed E-state index contributed by atoms with van der Waals surface area (Å²) in [7, 11) is 0. The third-order valence-corrected chi connectivity index (χ3v) is 8.32. The van der Waals surface area contributed by atoms with Crippen molar-refractivity contribution in [3.63, 3.8) is 0 Å². The van der Waals surface area contributed by atoms with Gasteiger partial charge >= 0.3 is 12.0 Å². The fraction of sp³-hybridized carbons (Fsp3) is 0.429. The highest BCUT2D eigenvalue weighted by Gasteiger charge is 2.56. The number of carbonyl (C=O) groups is 2. The lowest BCUT2D eigenvalue weighted by Crippen LogP contribution is -2.39. The maximum absolute atomic E-state index is 13.9. The molecule has 1 saturated heterocycles. The van der Waals surface area contributed by atoms with Crippen molar-refractivity contribution in [1.29, 1.82) is 0 Å². The first-order valence-corrected chi connectivity index (χ1v) is 15.4. The molecule has 240 valence electrons. The summed E-state index contributed by atoms with van der Waals surface area (Å²) in [5, 5.41) is 5.84. The summed E-state index contributed by atoms with van der Waals surface area (Å²) in [5.74, 6) is -0.0492. The van der Waals surface area contributed by atoms with Gasteiger partial charge in [-0.3, -0.25) is 0 Å². The van der Waals surface area contributed by atoms with Crippen LogP contribution in [0.15, 0.2) is 66.7 Å². The number of halogens is 2. The van der Waals surface area contributed by atoms with E-state index in [0.29, 0.717) is 56.0 Å². The van der Waals surface area contributed by atoms with E-state index in [0.717, 1.165) is 17.7 Å². The Morgan fingerprint density at radius 1 is 0.933 bits per heavy atom. The normalized spacial score (nSPS) is 19.4. The minimum absolute atomic E-state index is 0.0213. The highest BCUT2D eigenvalue weighted by atomic mass is 19.1. The Kier molecular flexibility index (Phi) is 9.92. The van der Waals surface area contributed by atoms with Gasteiger partial charge in [-0.2, -0.15) is 0 Å². The number of rotatable bonds is 12. The summed E-state index contributed by atoms with van der Waals surface area (Å²) in [4.78, 5) is 26.8. The fourth-order valence-corrected chi connectivity index (χ4v) is 5.73. The number of esters is 1. The number of carbonyl (C=O) groups excluding carboxylic acids is 2. The molecule has 0 spiro atoms. The molecule has 45 heavy (non-hydrogen) atoms. The average Bonchev–Trinajstić information content (AvgIpc) is 3.44. The zero-order chi connectivity index (χ0) is 32.1. The molecule has 1 unspecified atom stereocenters. The maximum Gasteiger partial charge on any atom is 0.347 e. The fourth-order valence-electron chi connectivity index (χ4n) is 5.73. The number of urea groups is 1. The molecule has 1 heterocycles. The summed E-state index contributed by atoms with van der Waals surface area (Å²) in [6, 6.07) is 18.7. The molecule has 0 aromatic heterocycles. The molecule has 10 heteroatoms. The minimum atomic E-state index is -0.797. The van der Waals surface area contributed by atoms with Gasteiger partial charge in [0.1, 0.15) is 35.4 Å². The summed E-state index contributed by atoms with van der Waals surface area (Å²) >= 11 is 0. The van der Waals surface area contributed by atoms with Gasteiger partial charge in [-0.05, 0) is 71.7 Å². The molecule has 2 N–H and O–H groups in total. The van der Waals surface area contributed by atoms with Crippen LogP contribution in [0.25, 0.3) is 0 Å². The van der Waals surface area contributed by atoms with E-state index >= 15 is 0 Å². The largest absolute Gasteiger partial charge is 0.492 e. The first-order chi connectivity index (χ1) is 21.5. The number of anilines is 1. The van der Waals surface area contributed by atoms with Gasteiger partial charge in [-0.15, -0.1) is 0 Å². The number of para-hydroxylation sites is 1. The van der Waals surface area contributed by atoms with Crippen LogP contribution in [0.1, 0.15) is 38.8 Å². The molecule has 1 aliphatic heterocycles. The minimum Gasteiger partial charge on any atom is -0.492 e. The maximum atomic E-state index is 13.9. The average molecular weight is 622 g/mol. The number of nitrogens with one attached hydrogen (secondary N) is 2. The lowest BCUT2D eigenvalue weighted by atomic mass is 9.87. The van der Waals surface area contributed by atoms with Crippen LogP contribution in [0.4, 0.5) is 19.3 Å². The van der Waals surface area contributed by atoms with Gasteiger partial charge in [0, 0.05) is 32.1 Å². The van der Waals surface area contributed by atoms with E-state index in [1.54, 1.807) is 11.8 Å². The molecule has 5 rings (SSSR count). The van der Waals surface area contributed by atoms with Gasteiger partial charge in [0.05, 0.1) is 6.61 Å². The molecule has 3 aromatic carbocycles. The number of ether oxygens (including phenoxy) is 3. The van der Waals surface area contributed by atoms with E-state index in [1.165, 1.54) is 11.6 Å². The van der Waals surface area contributed by atoms with Gasteiger partial charge in [-0.25, -0.2) is 18.4 Å². The van der Waals surface area contributed by atoms with E-state index in [9.17, 15) is 18.4 Å². The SMILES string of the molecule is CCOC(=O)[C@H](Cc1ccc(OCCNC2[C@H]3CN(C(=O)Nc4c(F)cccc4F)C[C@@H]23)cc1)Oc1ccc(C(C)(C)C)cc1. The van der Waals surface area contributed by atoms with Crippen molar-refractivity contribution in [2.45, 2.75) is 51.7 Å². The first kappa shape index (κ1) is 32.2. The molecule has 4 atom stereocenters. The molecular weight excluding hydrogens is 580 g/mol. The highest BCUT2D eigenvalue weighted by molar-refractivity contribution is 5.90. The molecule has 0 bridgehead atoms. The standard InChI is InChI=1S/C35H41F2N3O5/c1-5-43-33(41)30(45-25-15-11-23(12-16-25)35(2,3)4)19-22-9-13-24(14-10-22)44-18-17-38-31-26-20-40(21-27(26)31)34(42)39-32-28(36)7-6-8-29(32)37/h6-16,26-27,30-31,38H,5,17-21H2,1-4H3,(H,39,42)/t26-,27+,30-,31?/m0/s1. The first-order valence-electron chi connectivity index (χ1n) is 15.4. The van der Waals surface area contributed by atoms with Gasteiger partial charge in [0.25, 0.3) is 0 Å². The van der Waals surface area contributed by atoms with E-state index in [4.69, 9.17) is 14.2 Å². The van der Waals surface area contributed by atoms with E-state index in [-0.39, 0.29) is 18.1 Å². The van der Waals surface area contributed by atoms with Crippen LogP contribution >= 0.6 is 0 Å². The van der Waals surface area contributed by atoms with Gasteiger partial charge in [0.2, 0.25) is 0 Å². The van der Waals surface area contributed by atoms with Crippen LogP contribution in [0, 0.1) is 23.5 Å². The molecule has 1 saturated carbocycles. The zero-order valence-electron chi connectivity index (χ0n) is 26.1. The number of amides is 2. The molecule has 2 amide bonds. The van der Waals surface area contributed by atoms with Crippen LogP contribution in [0.2, 0.25) is 0 Å². The van der Waals surface area contributed by atoms with Crippen molar-refractivity contribution in [3.8, 4) is 11.5 Å². The van der Waals surface area contributed by atoms with Gasteiger partial charge < -0.3 is 29.7 Å². The molecule has 0 radical (unpaired) electrons. The van der Waals surface area contributed by atoms with E-state index in [1.807, 2.05) is 48.5 Å². The number of nitrogens with zero attached hydrogens (tertiary/aromatic N) is 1. The summed E-state index contributed by atoms with van der Waals surface area (Å²) in [6.45, 7) is 10.7. The van der Waals surface area contributed by atoms with Crippen LogP contribution in [0.5, 0.6) is 11.5 Å². The molecule has 3 aromatic rings. The number of likely N-dealkylation sites (tertiary alicyclic amines) is 1. The molecule has 1 aliphatic carbocycles. The third kappa shape index (κ3) is 8.11. The molecule has 2 aliphatic rings. The summed E-state index contributed by atoms with van der Waals surface area (Å²) in [5.41, 5.74) is 1.70. The second kappa shape index (κ2) is 13.9. The third-order valence-electron chi connectivity index (χ3n) is 8.32. The van der Waals surface area contributed by atoms with E-state index in [2.05, 4.69) is 31.4 Å². The summed E-state index contributed by atoms with van der Waals surface area (Å²) < 4.78 is 45.0. The van der Waals surface area contributed by atoms with Crippen LogP contribution in [-0.4, -0.2) is 61.9 Å². The predicted molar refractivity (Wildman–Crippen MR) is 168 cm³/mol. The Morgan fingerprint density at radius 3 is 2.16 bits per heavy atom. The smallest absolute Gasteiger partial charge is 0.347 e. The number of hydrogen-bond acceptors (Lipinski definition) is 6. The number of hydrogen-bond donors (Lipinski definition) is 2. The lowest BCUT2D eigenvalue weighted by Gasteiger charge is -2.21. The Balaban J connectivity index is 1.04. The van der Waals surface area contributed by atoms with E-state index < -0.39 is 35.4 Å². The summed E-state index contributed by atoms with van der Waals surface area (Å²) in [6.07, 6.45) is -0.418. The van der Waals surface area contributed by atoms with Gasteiger partial charge in [-0.1, -0.05) is 51.1 Å². The van der Waals surface area contributed by atoms with Crippen molar-refractivity contribution in [3.05, 3.63) is 89.5 Å². The quantitative estimate of drug-likeness (QED) is 0.192. The number of benzene rings is 3. The monoisotopic (exact) mass is 621 g/mol. The number of piperidine rings is 1. The molecule has 2 fully saturated rings. The predicted octanol–water partition coefficient (Wildman–Crippen LogP) is 5.95. The lowest BCUT2D eigenvalue weighted by molar-refractivity contribution is -0.151. The van der Waals surface area contributed by atoms with Crippen molar-refractivity contribution in [1.82, 2.24) is 10.2 Å². The second-order valence-corrected chi connectivity index (χ2v) is 12.6. The highest BCUT2D eigenvalue weighted by Crippen LogP contribution is 2.45. The van der Waals surface area contributed by atoms with Crippen molar-refractivity contribution in [2.75, 3.05) is 38.2 Å². The number of fused-ring (bicyclic) bond motifs is 1. The second-order valence-electron chi connectivity index (χ2n) is 12.6. The molecule has 8 nitrogen and oxygen atoms in total.